The maximum absolute atomic E-state index is 12.7. The number of morpholine rings is 1. The molecule has 1 aromatic carbocycles. The van der Waals surface area contributed by atoms with Crippen LogP contribution >= 0.6 is 11.6 Å². The van der Waals surface area contributed by atoms with Crippen molar-refractivity contribution >= 4 is 23.5 Å². The number of halogens is 1. The van der Waals surface area contributed by atoms with E-state index in [1.54, 1.807) is 0 Å². The number of ether oxygens (including phenoxy) is 1. The summed E-state index contributed by atoms with van der Waals surface area (Å²) in [7, 11) is 0. The van der Waals surface area contributed by atoms with Crippen molar-refractivity contribution < 1.29 is 9.53 Å². The number of aromatic nitrogens is 2. The van der Waals surface area contributed by atoms with E-state index in [2.05, 4.69) is 9.88 Å². The number of nitrogens with zero attached hydrogens (tertiary/aromatic N) is 4. The first-order valence-electron chi connectivity index (χ1n) is 8.89. The predicted molar refractivity (Wildman–Crippen MR) is 99.3 cm³/mol. The summed E-state index contributed by atoms with van der Waals surface area (Å²) in [6.45, 7) is 4.21. The van der Waals surface area contributed by atoms with Crippen LogP contribution < -0.4 is 4.90 Å². The average molecular weight is 373 g/mol. The molecule has 7 heteroatoms. The normalized spacial score (nSPS) is 17.1. The molecule has 2 aromatic rings. The van der Waals surface area contributed by atoms with Crippen LogP contribution in [0.5, 0.6) is 0 Å². The Morgan fingerprint density at radius 1 is 1.19 bits per heavy atom. The van der Waals surface area contributed by atoms with Crippen molar-refractivity contribution in [1.82, 2.24) is 14.9 Å². The zero-order chi connectivity index (χ0) is 17.9. The Hall–Kier alpha value is -2.18. The van der Waals surface area contributed by atoms with Gasteiger partial charge in [0, 0.05) is 30.9 Å². The van der Waals surface area contributed by atoms with Gasteiger partial charge in [-0.25, -0.2) is 9.97 Å². The van der Waals surface area contributed by atoms with Crippen LogP contribution in [0.4, 0.5) is 5.95 Å². The Kier molecular flexibility index (Phi) is 5.04. The number of fused-ring (bicyclic) bond motifs is 1. The molecule has 2 aliphatic heterocycles. The minimum absolute atomic E-state index is 0.0790. The van der Waals surface area contributed by atoms with Crippen molar-refractivity contribution in [2.24, 2.45) is 0 Å². The Morgan fingerprint density at radius 2 is 2.00 bits per heavy atom. The Labute approximate surface area is 157 Å². The number of carbonyl (C=O) groups is 1. The number of hydrogen-bond donors (Lipinski definition) is 0. The van der Waals surface area contributed by atoms with Gasteiger partial charge < -0.3 is 14.5 Å². The summed E-state index contributed by atoms with van der Waals surface area (Å²) in [6, 6.07) is 7.49. The van der Waals surface area contributed by atoms with Crippen LogP contribution in [0.25, 0.3) is 0 Å². The molecule has 1 amide bonds. The molecule has 0 atom stereocenters. The molecular weight excluding hydrogens is 352 g/mol. The van der Waals surface area contributed by atoms with Gasteiger partial charge in [-0.3, -0.25) is 4.79 Å². The quantitative estimate of drug-likeness (QED) is 0.825. The second-order valence-electron chi connectivity index (χ2n) is 6.57. The summed E-state index contributed by atoms with van der Waals surface area (Å²) >= 11 is 6.19. The fourth-order valence-corrected chi connectivity index (χ4v) is 3.54. The molecular formula is C19H21ClN4O2. The first-order valence-corrected chi connectivity index (χ1v) is 9.27. The lowest BCUT2D eigenvalue weighted by atomic mass is 10.1. The van der Waals surface area contributed by atoms with Gasteiger partial charge in [0.05, 0.1) is 31.9 Å². The summed E-state index contributed by atoms with van der Waals surface area (Å²) in [6.07, 6.45) is 3.01. The molecule has 0 unspecified atom stereocenters. The van der Waals surface area contributed by atoms with Gasteiger partial charge in [0.2, 0.25) is 11.9 Å². The lowest BCUT2D eigenvalue weighted by Crippen LogP contribution is -2.39. The second kappa shape index (κ2) is 7.60. The predicted octanol–water partition coefficient (Wildman–Crippen LogP) is 2.09. The number of amides is 1. The van der Waals surface area contributed by atoms with E-state index in [0.717, 1.165) is 42.3 Å². The summed E-state index contributed by atoms with van der Waals surface area (Å²) < 4.78 is 5.39. The largest absolute Gasteiger partial charge is 0.378 e. The van der Waals surface area contributed by atoms with E-state index in [1.807, 2.05) is 35.4 Å². The highest BCUT2D eigenvalue weighted by Gasteiger charge is 2.24. The fraction of sp³-hybridized carbons (Fsp3) is 0.421. The number of carbonyl (C=O) groups excluding carboxylic acids is 1. The van der Waals surface area contributed by atoms with Crippen molar-refractivity contribution in [3.05, 3.63) is 52.3 Å². The Balaban J connectivity index is 1.47. The van der Waals surface area contributed by atoms with Crippen molar-refractivity contribution in [2.75, 3.05) is 37.7 Å². The van der Waals surface area contributed by atoms with Crippen LogP contribution in [-0.2, 0) is 28.9 Å². The van der Waals surface area contributed by atoms with Gasteiger partial charge in [-0.1, -0.05) is 29.8 Å². The third-order valence-corrected chi connectivity index (χ3v) is 5.25. The van der Waals surface area contributed by atoms with E-state index in [-0.39, 0.29) is 5.91 Å². The minimum Gasteiger partial charge on any atom is -0.378 e. The molecule has 0 spiro atoms. The molecule has 0 radical (unpaired) electrons. The van der Waals surface area contributed by atoms with Crippen molar-refractivity contribution in [1.29, 1.82) is 0 Å². The van der Waals surface area contributed by atoms with Gasteiger partial charge in [-0.15, -0.1) is 0 Å². The summed E-state index contributed by atoms with van der Waals surface area (Å²) in [4.78, 5) is 25.9. The van der Waals surface area contributed by atoms with Crippen LogP contribution in [-0.4, -0.2) is 53.6 Å². The molecule has 2 aliphatic rings. The molecule has 136 valence electrons. The molecule has 3 heterocycles. The van der Waals surface area contributed by atoms with Gasteiger partial charge in [0.15, 0.2) is 0 Å². The summed E-state index contributed by atoms with van der Waals surface area (Å²) in [5.41, 5.74) is 2.94. The number of hydrogen-bond acceptors (Lipinski definition) is 5. The number of rotatable bonds is 3. The first kappa shape index (κ1) is 17.2. The standard InChI is InChI=1S/C19H21ClN4O2/c20-16-4-2-1-3-14(16)11-18(25)24-6-5-15-12-21-19(22-17(15)13-24)23-7-9-26-10-8-23/h1-4,12H,5-11,13H2. The lowest BCUT2D eigenvalue weighted by molar-refractivity contribution is -0.131. The third-order valence-electron chi connectivity index (χ3n) is 4.88. The van der Waals surface area contributed by atoms with Gasteiger partial charge in [0.1, 0.15) is 0 Å². The summed E-state index contributed by atoms with van der Waals surface area (Å²) in [5.74, 6) is 0.808. The third kappa shape index (κ3) is 3.66. The van der Waals surface area contributed by atoms with Crippen LogP contribution in [0.3, 0.4) is 0 Å². The van der Waals surface area contributed by atoms with Gasteiger partial charge >= 0.3 is 0 Å². The molecule has 6 nitrogen and oxygen atoms in total. The molecule has 1 fully saturated rings. The molecule has 1 aromatic heterocycles. The highest BCUT2D eigenvalue weighted by atomic mass is 35.5. The van der Waals surface area contributed by atoms with E-state index in [9.17, 15) is 4.79 Å². The van der Waals surface area contributed by atoms with Crippen LogP contribution in [0.15, 0.2) is 30.5 Å². The fourth-order valence-electron chi connectivity index (χ4n) is 3.34. The van der Waals surface area contributed by atoms with Crippen molar-refractivity contribution in [2.45, 2.75) is 19.4 Å². The number of anilines is 1. The van der Waals surface area contributed by atoms with Crippen LogP contribution in [0, 0.1) is 0 Å². The Bertz CT molecular complexity index is 808. The van der Waals surface area contributed by atoms with Crippen molar-refractivity contribution in [3.63, 3.8) is 0 Å². The van der Waals surface area contributed by atoms with E-state index in [1.165, 1.54) is 0 Å². The highest BCUT2D eigenvalue weighted by Crippen LogP contribution is 2.22. The molecule has 26 heavy (non-hydrogen) atoms. The monoisotopic (exact) mass is 372 g/mol. The molecule has 0 aliphatic carbocycles. The minimum atomic E-state index is 0.0790. The zero-order valence-corrected chi connectivity index (χ0v) is 15.3. The van der Waals surface area contributed by atoms with Gasteiger partial charge in [-0.2, -0.15) is 0 Å². The van der Waals surface area contributed by atoms with Gasteiger partial charge in [-0.05, 0) is 23.6 Å². The van der Waals surface area contributed by atoms with E-state index < -0.39 is 0 Å². The summed E-state index contributed by atoms with van der Waals surface area (Å²) in [5, 5.41) is 0.634. The van der Waals surface area contributed by atoms with E-state index in [4.69, 9.17) is 21.3 Å². The molecule has 1 saturated heterocycles. The smallest absolute Gasteiger partial charge is 0.227 e. The van der Waals surface area contributed by atoms with E-state index >= 15 is 0 Å². The lowest BCUT2D eigenvalue weighted by Gasteiger charge is -2.31. The SMILES string of the molecule is O=C(Cc1ccccc1Cl)N1CCc2cnc(N3CCOCC3)nc2C1. The van der Waals surface area contributed by atoms with E-state index in [0.29, 0.717) is 37.7 Å². The average Bonchev–Trinajstić information content (AvgIpc) is 2.69. The van der Waals surface area contributed by atoms with Crippen LogP contribution in [0.2, 0.25) is 5.02 Å². The highest BCUT2D eigenvalue weighted by molar-refractivity contribution is 6.31. The van der Waals surface area contributed by atoms with Crippen molar-refractivity contribution in [3.8, 4) is 0 Å². The molecule has 0 N–H and O–H groups in total. The molecule has 0 saturated carbocycles. The zero-order valence-electron chi connectivity index (χ0n) is 14.5. The molecule has 0 bridgehead atoms. The van der Waals surface area contributed by atoms with Crippen LogP contribution in [0.1, 0.15) is 16.8 Å². The molecule has 4 rings (SSSR count). The first-order chi connectivity index (χ1) is 12.7. The maximum atomic E-state index is 12.7. The van der Waals surface area contributed by atoms with Gasteiger partial charge in [0.25, 0.3) is 0 Å². The maximum Gasteiger partial charge on any atom is 0.227 e. The second-order valence-corrected chi connectivity index (χ2v) is 6.98. The topological polar surface area (TPSA) is 58.6 Å². The Morgan fingerprint density at radius 3 is 2.81 bits per heavy atom. The number of benzene rings is 1.